The maximum absolute atomic E-state index is 12.7. The number of pyridine rings is 1. The summed E-state index contributed by atoms with van der Waals surface area (Å²) in [6, 6.07) is 2.03. The lowest BCUT2D eigenvalue weighted by Gasteiger charge is -2.34. The van der Waals surface area contributed by atoms with E-state index in [9.17, 15) is 14.9 Å². The molecule has 142 valence electrons. The molecule has 6 nitrogen and oxygen atoms in total. The Balaban J connectivity index is 2.21. The van der Waals surface area contributed by atoms with E-state index < -0.39 is 0 Å². The first-order valence-corrected chi connectivity index (χ1v) is 10.1. The number of hydrogen-bond donors (Lipinski definition) is 0. The van der Waals surface area contributed by atoms with Crippen molar-refractivity contribution in [2.24, 2.45) is 13.0 Å². The monoisotopic (exact) mass is 402 g/mol. The molecule has 27 heavy (non-hydrogen) atoms. The van der Waals surface area contributed by atoms with E-state index in [-0.39, 0.29) is 17.0 Å². The summed E-state index contributed by atoms with van der Waals surface area (Å²) in [7, 11) is 3.35. The summed E-state index contributed by atoms with van der Waals surface area (Å²) in [5, 5.41) is 9.48. The number of carbonyl (C=O) groups is 1. The lowest BCUT2D eigenvalue weighted by atomic mass is 9.97. The Hall–Kier alpha value is -2.11. The van der Waals surface area contributed by atoms with E-state index >= 15 is 0 Å². The van der Waals surface area contributed by atoms with Crippen LogP contribution in [0.2, 0.25) is 0 Å². The van der Waals surface area contributed by atoms with Crippen LogP contribution in [0.15, 0.2) is 9.70 Å². The molecule has 2 aliphatic heterocycles. The van der Waals surface area contributed by atoms with E-state index in [2.05, 4.69) is 11.8 Å². The number of aromatic nitrogens is 1. The minimum Gasteiger partial charge on any atom is -0.357 e. The van der Waals surface area contributed by atoms with Crippen molar-refractivity contribution in [2.45, 2.75) is 26.7 Å². The Morgan fingerprint density at radius 1 is 1.26 bits per heavy atom. The molecule has 0 saturated carbocycles. The number of thiocarbonyl (C=S) groups is 1. The molecule has 0 N–H and O–H groups in total. The molecule has 0 aliphatic carbocycles. The van der Waals surface area contributed by atoms with Crippen LogP contribution in [0.1, 0.15) is 36.5 Å². The van der Waals surface area contributed by atoms with Crippen molar-refractivity contribution in [1.29, 1.82) is 5.26 Å². The van der Waals surface area contributed by atoms with Gasteiger partial charge in [-0.3, -0.25) is 19.1 Å². The molecule has 0 atom stereocenters. The molecule has 1 amide bonds. The number of carbonyl (C=O) groups excluding carboxylic acids is 1. The van der Waals surface area contributed by atoms with Crippen molar-refractivity contribution >= 4 is 46.1 Å². The van der Waals surface area contributed by atoms with E-state index in [0.29, 0.717) is 20.7 Å². The lowest BCUT2D eigenvalue weighted by Crippen LogP contribution is -2.38. The van der Waals surface area contributed by atoms with Gasteiger partial charge in [-0.25, -0.2) is 0 Å². The van der Waals surface area contributed by atoms with Gasteiger partial charge in [-0.1, -0.05) is 30.9 Å². The maximum Gasteiger partial charge on any atom is 0.270 e. The number of likely N-dealkylation sites (N-methyl/N-ethyl adjacent to an activating group) is 1. The first-order valence-electron chi connectivity index (χ1n) is 8.86. The molecular formula is C19H22N4O2S2. The number of piperidine rings is 1. The van der Waals surface area contributed by atoms with Crippen LogP contribution in [0.25, 0.3) is 6.08 Å². The number of thioether (sulfide) groups is 1. The predicted molar refractivity (Wildman–Crippen MR) is 113 cm³/mol. The summed E-state index contributed by atoms with van der Waals surface area (Å²) in [6.07, 6.45) is 3.87. The van der Waals surface area contributed by atoms with Gasteiger partial charge in [-0.05, 0) is 37.3 Å². The second kappa shape index (κ2) is 7.49. The van der Waals surface area contributed by atoms with E-state index in [0.717, 1.165) is 37.3 Å². The Labute approximate surface area is 168 Å². The van der Waals surface area contributed by atoms with Gasteiger partial charge < -0.3 is 4.90 Å². The summed E-state index contributed by atoms with van der Waals surface area (Å²) < 4.78 is 2.04. The molecule has 2 aliphatic rings. The van der Waals surface area contributed by atoms with E-state index in [1.54, 1.807) is 31.7 Å². The van der Waals surface area contributed by atoms with Crippen LogP contribution in [0.5, 0.6) is 0 Å². The molecule has 1 aromatic heterocycles. The van der Waals surface area contributed by atoms with Gasteiger partial charge >= 0.3 is 0 Å². The van der Waals surface area contributed by atoms with Crippen LogP contribution in [-0.4, -0.2) is 39.8 Å². The Morgan fingerprint density at radius 2 is 1.89 bits per heavy atom. The fourth-order valence-electron chi connectivity index (χ4n) is 3.49. The smallest absolute Gasteiger partial charge is 0.270 e. The molecule has 0 spiro atoms. The van der Waals surface area contributed by atoms with Crippen molar-refractivity contribution in [3.8, 4) is 6.07 Å². The van der Waals surface area contributed by atoms with Gasteiger partial charge in [0.05, 0.1) is 4.91 Å². The molecule has 0 radical (unpaired) electrons. The predicted octanol–water partition coefficient (Wildman–Crippen LogP) is 2.63. The normalized spacial score (nSPS) is 19.9. The van der Waals surface area contributed by atoms with Gasteiger partial charge in [0.25, 0.3) is 11.5 Å². The van der Waals surface area contributed by atoms with E-state index in [4.69, 9.17) is 12.2 Å². The zero-order valence-electron chi connectivity index (χ0n) is 15.9. The van der Waals surface area contributed by atoms with Crippen LogP contribution in [0.3, 0.4) is 0 Å². The number of nitrogens with zero attached hydrogens (tertiary/aromatic N) is 4. The first-order chi connectivity index (χ1) is 12.8. The summed E-state index contributed by atoms with van der Waals surface area (Å²) >= 11 is 6.47. The van der Waals surface area contributed by atoms with Gasteiger partial charge in [0.1, 0.15) is 21.8 Å². The largest absolute Gasteiger partial charge is 0.357 e. The highest BCUT2D eigenvalue weighted by molar-refractivity contribution is 8.26. The zero-order chi connectivity index (χ0) is 19.9. The first kappa shape index (κ1) is 19.6. The SMILES string of the molecule is Cc1c(C=C2SC(=S)N(C)C2=O)c(N2CCC(C)CC2)n(C)c(=O)c1C#N. The van der Waals surface area contributed by atoms with Gasteiger partial charge in [0, 0.05) is 32.7 Å². The molecule has 2 saturated heterocycles. The number of nitriles is 1. The minimum absolute atomic E-state index is 0.116. The second-order valence-corrected chi connectivity index (χ2v) is 8.80. The summed E-state index contributed by atoms with van der Waals surface area (Å²) in [6.45, 7) is 5.69. The Morgan fingerprint density at radius 3 is 2.41 bits per heavy atom. The fraction of sp³-hybridized carbons (Fsp3) is 0.474. The van der Waals surface area contributed by atoms with Crippen molar-refractivity contribution in [3.05, 3.63) is 31.9 Å². The van der Waals surface area contributed by atoms with Crippen molar-refractivity contribution in [3.63, 3.8) is 0 Å². The van der Waals surface area contributed by atoms with Gasteiger partial charge in [0.2, 0.25) is 0 Å². The Kier molecular flexibility index (Phi) is 5.45. The molecule has 8 heteroatoms. The van der Waals surface area contributed by atoms with Gasteiger partial charge in [-0.15, -0.1) is 0 Å². The van der Waals surface area contributed by atoms with Crippen LogP contribution in [0.4, 0.5) is 5.82 Å². The third kappa shape index (κ3) is 3.42. The van der Waals surface area contributed by atoms with Gasteiger partial charge in [0.15, 0.2) is 0 Å². The average molecular weight is 403 g/mol. The third-order valence-corrected chi connectivity index (χ3v) is 6.80. The van der Waals surface area contributed by atoms with Crippen molar-refractivity contribution in [2.75, 3.05) is 25.0 Å². The Bertz CT molecular complexity index is 950. The maximum atomic E-state index is 12.7. The zero-order valence-corrected chi connectivity index (χ0v) is 17.5. The molecular weight excluding hydrogens is 380 g/mol. The summed E-state index contributed by atoms with van der Waals surface area (Å²) in [4.78, 5) is 29.3. The number of anilines is 1. The van der Waals surface area contributed by atoms with Crippen LogP contribution < -0.4 is 10.5 Å². The second-order valence-electron chi connectivity index (χ2n) is 7.12. The molecule has 0 bridgehead atoms. The van der Waals surface area contributed by atoms with Crippen LogP contribution in [-0.2, 0) is 11.8 Å². The molecule has 1 aromatic rings. The highest BCUT2D eigenvalue weighted by atomic mass is 32.2. The fourth-order valence-corrected chi connectivity index (χ4v) is 4.65. The third-order valence-electron chi connectivity index (χ3n) is 5.31. The highest BCUT2D eigenvalue weighted by Gasteiger charge is 2.31. The average Bonchev–Trinajstić information content (AvgIpc) is 2.88. The molecule has 2 fully saturated rings. The van der Waals surface area contributed by atoms with Crippen LogP contribution >= 0.6 is 24.0 Å². The topological polar surface area (TPSA) is 69.3 Å². The van der Waals surface area contributed by atoms with Crippen LogP contribution in [0, 0.1) is 24.2 Å². The van der Waals surface area contributed by atoms with Gasteiger partial charge in [-0.2, -0.15) is 5.26 Å². The van der Waals surface area contributed by atoms with E-state index in [1.807, 2.05) is 6.07 Å². The van der Waals surface area contributed by atoms with E-state index in [1.165, 1.54) is 16.7 Å². The molecule has 0 aromatic carbocycles. The number of hydrogen-bond acceptors (Lipinski definition) is 6. The summed E-state index contributed by atoms with van der Waals surface area (Å²) in [5.41, 5.74) is 1.17. The number of amides is 1. The molecule has 0 unspecified atom stereocenters. The standard InChI is InChI=1S/C19H22N4O2S2/c1-11-5-7-23(8-6-11)16-13(9-15-18(25)22(4)19(26)27-15)12(2)14(10-20)17(24)21(16)3/h9,11H,5-8H2,1-4H3. The van der Waals surface area contributed by atoms with Crippen molar-refractivity contribution in [1.82, 2.24) is 9.47 Å². The molecule has 3 rings (SSSR count). The minimum atomic E-state index is -0.302. The number of rotatable bonds is 2. The van der Waals surface area contributed by atoms with Crippen molar-refractivity contribution < 1.29 is 4.79 Å². The quantitative estimate of drug-likeness (QED) is 0.560. The highest BCUT2D eigenvalue weighted by Crippen LogP contribution is 2.35. The molecule has 3 heterocycles. The lowest BCUT2D eigenvalue weighted by molar-refractivity contribution is -0.121. The summed E-state index contributed by atoms with van der Waals surface area (Å²) in [5.74, 6) is 1.26.